The van der Waals surface area contributed by atoms with Crippen molar-refractivity contribution in [3.05, 3.63) is 11.6 Å². The first-order valence-corrected chi connectivity index (χ1v) is 7.44. The van der Waals surface area contributed by atoms with Crippen LogP contribution in [0.15, 0.2) is 0 Å². The third-order valence-electron chi connectivity index (χ3n) is 4.25. The fourth-order valence-electron chi connectivity index (χ4n) is 3.12. The molecule has 2 fully saturated rings. The number of aromatic amines is 1. The summed E-state index contributed by atoms with van der Waals surface area (Å²) >= 11 is 0. The molecule has 1 aromatic heterocycles. The topological polar surface area (TPSA) is 50.8 Å². The van der Waals surface area contributed by atoms with Crippen LogP contribution in [0.2, 0.25) is 0 Å². The summed E-state index contributed by atoms with van der Waals surface area (Å²) in [5.41, 5.74) is 0. The van der Waals surface area contributed by atoms with Gasteiger partial charge in [0.25, 0.3) is 0 Å². The number of aryl methyl sites for hydroxylation is 1. The second-order valence-electron chi connectivity index (χ2n) is 5.65. The second-order valence-corrected chi connectivity index (χ2v) is 5.65. The fraction of sp³-hybridized carbons (Fsp3) is 0.857. The molecule has 0 spiro atoms. The number of H-pyrrole nitrogens is 1. The van der Waals surface area contributed by atoms with Crippen LogP contribution in [-0.4, -0.2) is 27.9 Å². The molecule has 2 heterocycles. The number of ether oxygens (including phenoxy) is 1. The predicted octanol–water partition coefficient (Wildman–Crippen LogP) is 2.96. The summed E-state index contributed by atoms with van der Waals surface area (Å²) in [4.78, 5) is 4.65. The highest BCUT2D eigenvalue weighted by Gasteiger charge is 2.21. The normalized spacial score (nSPS) is 25.7. The lowest BCUT2D eigenvalue weighted by Crippen LogP contribution is -2.19. The zero-order chi connectivity index (χ0) is 12.2. The van der Waals surface area contributed by atoms with E-state index in [1.807, 2.05) is 0 Å². The van der Waals surface area contributed by atoms with E-state index in [0.717, 1.165) is 31.1 Å². The van der Waals surface area contributed by atoms with E-state index in [9.17, 15) is 0 Å². The van der Waals surface area contributed by atoms with Crippen LogP contribution >= 0.6 is 0 Å². The minimum absolute atomic E-state index is 0.443. The molecule has 0 bridgehead atoms. The lowest BCUT2D eigenvalue weighted by atomic mass is 10.0. The second kappa shape index (κ2) is 5.83. The van der Waals surface area contributed by atoms with Crippen LogP contribution < -0.4 is 0 Å². The number of hydrogen-bond acceptors (Lipinski definition) is 3. The molecule has 0 amide bonds. The average Bonchev–Trinajstić information content (AvgIpc) is 3.08. The number of rotatable bonds is 4. The van der Waals surface area contributed by atoms with E-state index >= 15 is 0 Å². The summed E-state index contributed by atoms with van der Waals surface area (Å²) < 4.78 is 5.74. The maximum absolute atomic E-state index is 5.74. The maximum atomic E-state index is 5.74. The molecule has 1 saturated carbocycles. The Bertz CT molecular complexity index is 365. The molecule has 1 saturated heterocycles. The zero-order valence-corrected chi connectivity index (χ0v) is 11.0. The highest BCUT2D eigenvalue weighted by molar-refractivity contribution is 5.00. The van der Waals surface area contributed by atoms with Gasteiger partial charge in [-0.1, -0.05) is 12.8 Å². The molecule has 4 heteroatoms. The molecule has 1 aromatic rings. The number of nitrogens with one attached hydrogen (secondary N) is 1. The Morgan fingerprint density at radius 2 is 1.94 bits per heavy atom. The number of nitrogens with zero attached hydrogens (tertiary/aromatic N) is 2. The molecule has 100 valence electrons. The van der Waals surface area contributed by atoms with Gasteiger partial charge in [0.05, 0.1) is 6.10 Å². The van der Waals surface area contributed by atoms with Crippen molar-refractivity contribution in [2.75, 3.05) is 6.61 Å². The molecule has 1 N–H and O–H groups in total. The molecule has 1 unspecified atom stereocenters. The van der Waals surface area contributed by atoms with Gasteiger partial charge in [-0.2, -0.15) is 5.10 Å². The van der Waals surface area contributed by atoms with Crippen molar-refractivity contribution in [1.29, 1.82) is 0 Å². The Hall–Kier alpha value is -0.900. The molecular weight excluding hydrogens is 226 g/mol. The van der Waals surface area contributed by atoms with E-state index in [-0.39, 0.29) is 0 Å². The van der Waals surface area contributed by atoms with E-state index < -0.39 is 0 Å². The number of aromatic nitrogens is 3. The lowest BCUT2D eigenvalue weighted by Gasteiger charge is -2.21. The van der Waals surface area contributed by atoms with Gasteiger partial charge in [0.1, 0.15) is 5.82 Å². The van der Waals surface area contributed by atoms with Crippen molar-refractivity contribution in [2.45, 2.75) is 69.8 Å². The van der Waals surface area contributed by atoms with Gasteiger partial charge >= 0.3 is 0 Å². The Labute approximate surface area is 109 Å². The van der Waals surface area contributed by atoms with E-state index in [1.54, 1.807) is 0 Å². The van der Waals surface area contributed by atoms with Crippen molar-refractivity contribution in [3.8, 4) is 0 Å². The van der Waals surface area contributed by atoms with Gasteiger partial charge in [0, 0.05) is 18.9 Å². The minimum Gasteiger partial charge on any atom is -0.378 e. The van der Waals surface area contributed by atoms with Crippen molar-refractivity contribution in [1.82, 2.24) is 15.2 Å². The predicted molar refractivity (Wildman–Crippen MR) is 69.5 cm³/mol. The van der Waals surface area contributed by atoms with Gasteiger partial charge in [-0.05, 0) is 38.5 Å². The summed E-state index contributed by atoms with van der Waals surface area (Å²) in [6.45, 7) is 0.939. The molecule has 1 aliphatic heterocycles. The third-order valence-corrected chi connectivity index (χ3v) is 4.25. The highest BCUT2D eigenvalue weighted by atomic mass is 16.5. The smallest absolute Gasteiger partial charge is 0.153 e. The van der Waals surface area contributed by atoms with Crippen LogP contribution in [0.5, 0.6) is 0 Å². The Morgan fingerprint density at radius 3 is 2.72 bits per heavy atom. The van der Waals surface area contributed by atoms with E-state index in [0.29, 0.717) is 12.0 Å². The zero-order valence-electron chi connectivity index (χ0n) is 11.0. The fourth-order valence-corrected chi connectivity index (χ4v) is 3.12. The minimum atomic E-state index is 0.443. The Balaban J connectivity index is 1.50. The molecule has 0 aromatic carbocycles. The summed E-state index contributed by atoms with van der Waals surface area (Å²) in [6, 6.07) is 0. The average molecular weight is 249 g/mol. The van der Waals surface area contributed by atoms with Gasteiger partial charge < -0.3 is 4.74 Å². The molecule has 2 aliphatic rings. The van der Waals surface area contributed by atoms with Crippen LogP contribution in [-0.2, 0) is 11.2 Å². The van der Waals surface area contributed by atoms with E-state index in [2.05, 4.69) is 15.2 Å². The van der Waals surface area contributed by atoms with E-state index in [4.69, 9.17) is 4.74 Å². The van der Waals surface area contributed by atoms with Crippen LogP contribution in [0.1, 0.15) is 68.9 Å². The first-order valence-electron chi connectivity index (χ1n) is 7.44. The summed E-state index contributed by atoms with van der Waals surface area (Å²) in [5.74, 6) is 2.71. The highest BCUT2D eigenvalue weighted by Crippen LogP contribution is 2.31. The summed E-state index contributed by atoms with van der Waals surface area (Å²) in [7, 11) is 0. The monoisotopic (exact) mass is 249 g/mol. The van der Waals surface area contributed by atoms with Gasteiger partial charge in [-0.3, -0.25) is 5.10 Å². The molecule has 4 nitrogen and oxygen atoms in total. The standard InChI is InChI=1S/C14H23N3O/c1-2-6-11(5-1)14-15-13(16-17-14)9-8-12-7-3-4-10-18-12/h11-12H,1-10H2,(H,15,16,17). The SMILES string of the molecule is C1CCC(CCc2nc(C3CCCC3)n[nH]2)OC1. The molecule has 0 radical (unpaired) electrons. The summed E-state index contributed by atoms with van der Waals surface area (Å²) in [6.07, 6.45) is 11.5. The van der Waals surface area contributed by atoms with Gasteiger partial charge in [-0.25, -0.2) is 4.98 Å². The third kappa shape index (κ3) is 2.91. The van der Waals surface area contributed by atoms with Gasteiger partial charge in [0.15, 0.2) is 5.82 Å². The molecule has 1 atom stereocenters. The van der Waals surface area contributed by atoms with Crippen LogP contribution in [0, 0.1) is 0 Å². The van der Waals surface area contributed by atoms with Crippen LogP contribution in [0.25, 0.3) is 0 Å². The molecule has 18 heavy (non-hydrogen) atoms. The molecule has 1 aliphatic carbocycles. The van der Waals surface area contributed by atoms with Crippen LogP contribution in [0.3, 0.4) is 0 Å². The Morgan fingerprint density at radius 1 is 1.11 bits per heavy atom. The quantitative estimate of drug-likeness (QED) is 0.892. The van der Waals surface area contributed by atoms with Gasteiger partial charge in [0.2, 0.25) is 0 Å². The molecular formula is C14H23N3O. The van der Waals surface area contributed by atoms with E-state index in [1.165, 1.54) is 44.9 Å². The van der Waals surface area contributed by atoms with Crippen molar-refractivity contribution < 1.29 is 4.74 Å². The van der Waals surface area contributed by atoms with Crippen molar-refractivity contribution >= 4 is 0 Å². The largest absolute Gasteiger partial charge is 0.378 e. The lowest BCUT2D eigenvalue weighted by molar-refractivity contribution is 0.0112. The van der Waals surface area contributed by atoms with Crippen molar-refractivity contribution in [2.24, 2.45) is 0 Å². The summed E-state index contributed by atoms with van der Waals surface area (Å²) in [5, 5.41) is 7.49. The molecule has 3 rings (SSSR count). The number of hydrogen-bond donors (Lipinski definition) is 1. The first-order chi connectivity index (χ1) is 8.92. The van der Waals surface area contributed by atoms with Crippen molar-refractivity contribution in [3.63, 3.8) is 0 Å². The van der Waals surface area contributed by atoms with Crippen LogP contribution in [0.4, 0.5) is 0 Å². The Kier molecular flexibility index (Phi) is 3.93. The first kappa shape index (κ1) is 12.2. The maximum Gasteiger partial charge on any atom is 0.153 e. The van der Waals surface area contributed by atoms with Gasteiger partial charge in [-0.15, -0.1) is 0 Å².